The van der Waals surface area contributed by atoms with Crippen LogP contribution in [0.25, 0.3) is 0 Å². The van der Waals surface area contributed by atoms with Crippen LogP contribution in [0, 0.1) is 18.6 Å². The lowest BCUT2D eigenvalue weighted by Crippen LogP contribution is -2.18. The van der Waals surface area contributed by atoms with Gasteiger partial charge in [0.1, 0.15) is 17.4 Å². The molecule has 108 valence electrons. The van der Waals surface area contributed by atoms with Gasteiger partial charge in [-0.25, -0.2) is 8.78 Å². The molecule has 0 spiro atoms. The van der Waals surface area contributed by atoms with Crippen molar-refractivity contribution in [3.05, 3.63) is 46.9 Å². The summed E-state index contributed by atoms with van der Waals surface area (Å²) in [6.45, 7) is 2.36. The van der Waals surface area contributed by atoms with Gasteiger partial charge >= 0.3 is 0 Å². The van der Waals surface area contributed by atoms with Crippen molar-refractivity contribution in [2.45, 2.75) is 20.0 Å². The maximum absolute atomic E-state index is 13.8. The number of ether oxygens (including phenoxy) is 1. The molecule has 0 N–H and O–H groups in total. The Morgan fingerprint density at radius 3 is 2.35 bits per heavy atom. The molecule has 0 radical (unpaired) electrons. The Bertz CT molecular complexity index is 576. The zero-order valence-electron chi connectivity index (χ0n) is 11.6. The number of aryl methyl sites for hydroxylation is 1. The number of benzene rings is 1. The van der Waals surface area contributed by atoms with Crippen molar-refractivity contribution < 1.29 is 18.0 Å². The Morgan fingerprint density at radius 2 is 1.85 bits per heavy atom. The number of hydrogen-bond acceptors (Lipinski definition) is 4. The van der Waals surface area contributed by atoms with Crippen molar-refractivity contribution in [3.63, 3.8) is 0 Å². The molecule has 2 rings (SSSR count). The normalized spacial score (nSPS) is 11.1. The third-order valence-corrected chi connectivity index (χ3v) is 2.88. The number of halogens is 2. The first-order chi connectivity index (χ1) is 9.49. The second-order valence-corrected chi connectivity index (χ2v) is 4.68. The van der Waals surface area contributed by atoms with Gasteiger partial charge in [0.25, 0.3) is 0 Å². The van der Waals surface area contributed by atoms with Gasteiger partial charge in [0.2, 0.25) is 0 Å². The summed E-state index contributed by atoms with van der Waals surface area (Å²) in [5, 5.41) is 3.77. The smallest absolute Gasteiger partial charge is 0.150 e. The van der Waals surface area contributed by atoms with Crippen molar-refractivity contribution in [3.8, 4) is 5.75 Å². The maximum Gasteiger partial charge on any atom is 0.150 e. The molecule has 0 saturated carbocycles. The Balaban J connectivity index is 2.09. The van der Waals surface area contributed by atoms with E-state index in [1.54, 1.807) is 18.0 Å². The number of methoxy groups -OCH3 is 1. The molecule has 0 saturated heterocycles. The summed E-state index contributed by atoms with van der Waals surface area (Å²) in [5.74, 6) is -0.429. The van der Waals surface area contributed by atoms with E-state index in [0.717, 1.165) is 5.69 Å². The minimum absolute atomic E-state index is 0.00420. The van der Waals surface area contributed by atoms with Gasteiger partial charge in [-0.15, -0.1) is 0 Å². The van der Waals surface area contributed by atoms with E-state index >= 15 is 0 Å². The zero-order chi connectivity index (χ0) is 14.7. The van der Waals surface area contributed by atoms with Crippen LogP contribution in [0.15, 0.2) is 22.7 Å². The second kappa shape index (κ2) is 6.00. The van der Waals surface area contributed by atoms with Crippen molar-refractivity contribution in [1.82, 2.24) is 10.1 Å². The van der Waals surface area contributed by atoms with Crippen LogP contribution in [-0.2, 0) is 13.1 Å². The third kappa shape index (κ3) is 3.33. The predicted octanol–water partition coefficient (Wildman–Crippen LogP) is 2.90. The van der Waals surface area contributed by atoms with Gasteiger partial charge in [-0.2, -0.15) is 0 Å². The molecular formula is C14H16F2N2O2. The Labute approximate surface area is 115 Å². The van der Waals surface area contributed by atoms with E-state index in [1.165, 1.54) is 19.2 Å². The molecule has 0 fully saturated rings. The molecule has 0 atom stereocenters. The molecule has 20 heavy (non-hydrogen) atoms. The van der Waals surface area contributed by atoms with E-state index in [9.17, 15) is 8.78 Å². The van der Waals surface area contributed by atoms with Gasteiger partial charge in [-0.1, -0.05) is 5.16 Å². The predicted molar refractivity (Wildman–Crippen MR) is 69.3 cm³/mol. The number of nitrogens with zero attached hydrogens (tertiary/aromatic N) is 2. The lowest BCUT2D eigenvalue weighted by Gasteiger charge is -2.16. The van der Waals surface area contributed by atoms with Crippen LogP contribution in [0.5, 0.6) is 5.75 Å². The van der Waals surface area contributed by atoms with E-state index in [1.807, 2.05) is 6.92 Å². The topological polar surface area (TPSA) is 38.5 Å². The van der Waals surface area contributed by atoms with Gasteiger partial charge in [0.05, 0.1) is 19.3 Å². The number of rotatable bonds is 5. The average Bonchev–Trinajstić information content (AvgIpc) is 2.79. The van der Waals surface area contributed by atoms with Gasteiger partial charge in [0, 0.05) is 30.3 Å². The molecule has 0 unspecified atom stereocenters. The lowest BCUT2D eigenvalue weighted by molar-refractivity contribution is 0.259. The lowest BCUT2D eigenvalue weighted by atomic mass is 10.1. The molecule has 1 aromatic carbocycles. The van der Waals surface area contributed by atoms with Crippen molar-refractivity contribution in [1.29, 1.82) is 0 Å². The van der Waals surface area contributed by atoms with Crippen molar-refractivity contribution in [2.75, 3.05) is 14.2 Å². The van der Waals surface area contributed by atoms with Crippen LogP contribution < -0.4 is 4.74 Å². The molecule has 1 aromatic heterocycles. The standard InChI is InChI=1S/C14H16F2N2O2/c1-9-4-11(20-17-9)7-18(2)8-12-13(15)5-10(19-3)6-14(12)16/h4-6H,7-8H2,1-3H3. The maximum atomic E-state index is 13.8. The molecule has 6 heteroatoms. The molecule has 0 aliphatic carbocycles. The largest absolute Gasteiger partial charge is 0.497 e. The molecular weight excluding hydrogens is 266 g/mol. The summed E-state index contributed by atoms with van der Waals surface area (Å²) >= 11 is 0. The highest BCUT2D eigenvalue weighted by molar-refractivity contribution is 5.30. The summed E-state index contributed by atoms with van der Waals surface area (Å²) in [6, 6.07) is 4.13. The molecule has 4 nitrogen and oxygen atoms in total. The summed E-state index contributed by atoms with van der Waals surface area (Å²) < 4.78 is 37.5. The fourth-order valence-corrected chi connectivity index (χ4v) is 1.93. The highest BCUT2D eigenvalue weighted by Crippen LogP contribution is 2.22. The summed E-state index contributed by atoms with van der Waals surface area (Å²) in [4.78, 5) is 1.74. The van der Waals surface area contributed by atoms with Crippen LogP contribution in [0.3, 0.4) is 0 Å². The molecule has 0 bridgehead atoms. The van der Waals surface area contributed by atoms with Crippen molar-refractivity contribution >= 4 is 0 Å². The van der Waals surface area contributed by atoms with E-state index in [0.29, 0.717) is 12.3 Å². The van der Waals surface area contributed by atoms with E-state index in [4.69, 9.17) is 9.26 Å². The van der Waals surface area contributed by atoms with Gasteiger partial charge < -0.3 is 9.26 Å². The second-order valence-electron chi connectivity index (χ2n) is 4.68. The molecule has 0 aliphatic heterocycles. The monoisotopic (exact) mass is 282 g/mol. The summed E-state index contributed by atoms with van der Waals surface area (Å²) in [5.41, 5.74) is 0.778. The van der Waals surface area contributed by atoms with Crippen LogP contribution in [-0.4, -0.2) is 24.2 Å². The first kappa shape index (κ1) is 14.5. The quantitative estimate of drug-likeness (QED) is 0.845. The van der Waals surface area contributed by atoms with Gasteiger partial charge in [0.15, 0.2) is 5.76 Å². The van der Waals surface area contributed by atoms with Crippen LogP contribution >= 0.6 is 0 Å². The van der Waals surface area contributed by atoms with E-state index in [2.05, 4.69) is 5.16 Å². The highest BCUT2D eigenvalue weighted by atomic mass is 19.1. The fraction of sp³-hybridized carbons (Fsp3) is 0.357. The molecule has 1 heterocycles. The Hall–Kier alpha value is -1.95. The fourth-order valence-electron chi connectivity index (χ4n) is 1.93. The number of aromatic nitrogens is 1. The van der Waals surface area contributed by atoms with Crippen LogP contribution in [0.1, 0.15) is 17.0 Å². The number of hydrogen-bond donors (Lipinski definition) is 0. The van der Waals surface area contributed by atoms with Crippen molar-refractivity contribution in [2.24, 2.45) is 0 Å². The highest BCUT2D eigenvalue weighted by Gasteiger charge is 2.15. The summed E-state index contributed by atoms with van der Waals surface area (Å²) in [6.07, 6.45) is 0. The zero-order valence-corrected chi connectivity index (χ0v) is 11.6. The third-order valence-electron chi connectivity index (χ3n) is 2.88. The van der Waals surface area contributed by atoms with E-state index in [-0.39, 0.29) is 17.9 Å². The minimum atomic E-state index is -0.623. The van der Waals surface area contributed by atoms with Crippen LogP contribution in [0.2, 0.25) is 0 Å². The van der Waals surface area contributed by atoms with E-state index < -0.39 is 11.6 Å². The van der Waals surface area contributed by atoms with Gasteiger partial charge in [-0.3, -0.25) is 4.90 Å². The summed E-state index contributed by atoms with van der Waals surface area (Å²) in [7, 11) is 3.12. The Morgan fingerprint density at radius 1 is 1.20 bits per heavy atom. The minimum Gasteiger partial charge on any atom is -0.497 e. The first-order valence-corrected chi connectivity index (χ1v) is 6.12. The molecule has 0 amide bonds. The molecule has 0 aliphatic rings. The Kier molecular flexibility index (Phi) is 4.34. The van der Waals surface area contributed by atoms with Gasteiger partial charge in [-0.05, 0) is 14.0 Å². The average molecular weight is 282 g/mol. The van der Waals surface area contributed by atoms with Crippen LogP contribution in [0.4, 0.5) is 8.78 Å². The molecule has 2 aromatic rings. The first-order valence-electron chi connectivity index (χ1n) is 6.12. The SMILES string of the molecule is COc1cc(F)c(CN(C)Cc2cc(C)no2)c(F)c1.